The van der Waals surface area contributed by atoms with Crippen molar-refractivity contribution in [3.63, 3.8) is 0 Å². The quantitative estimate of drug-likeness (QED) is 0.942. The van der Waals surface area contributed by atoms with E-state index in [-0.39, 0.29) is 0 Å². The van der Waals surface area contributed by atoms with Crippen LogP contribution in [0.2, 0.25) is 0 Å². The van der Waals surface area contributed by atoms with Crippen LogP contribution in [-0.4, -0.2) is 9.36 Å². The van der Waals surface area contributed by atoms with E-state index in [1.807, 2.05) is 13.0 Å². The van der Waals surface area contributed by atoms with Crippen LogP contribution in [0.3, 0.4) is 0 Å². The molecule has 74 valence electrons. The molecule has 6 heteroatoms. The average molecular weight is 290 g/mol. The highest BCUT2D eigenvalue weighted by Crippen LogP contribution is 2.23. The molecular formula is C8H8BrN3S2. The average Bonchev–Trinajstić information content (AvgIpc) is 2.72. The number of thiophene rings is 1. The van der Waals surface area contributed by atoms with E-state index < -0.39 is 0 Å². The van der Waals surface area contributed by atoms with E-state index in [0.717, 1.165) is 22.0 Å². The molecule has 2 aromatic heterocycles. The van der Waals surface area contributed by atoms with Gasteiger partial charge in [0.1, 0.15) is 5.82 Å². The molecule has 0 bridgehead atoms. The summed E-state index contributed by atoms with van der Waals surface area (Å²) in [4.78, 5) is 5.50. The van der Waals surface area contributed by atoms with Gasteiger partial charge in [0.25, 0.3) is 0 Å². The van der Waals surface area contributed by atoms with Crippen molar-refractivity contribution in [2.75, 3.05) is 5.32 Å². The van der Waals surface area contributed by atoms with Crippen LogP contribution in [0.15, 0.2) is 15.9 Å². The summed E-state index contributed by atoms with van der Waals surface area (Å²) in [5.41, 5.74) is 0. The van der Waals surface area contributed by atoms with Crippen LogP contribution in [0, 0.1) is 6.92 Å². The highest BCUT2D eigenvalue weighted by molar-refractivity contribution is 9.10. The number of halogens is 1. The molecular weight excluding hydrogens is 282 g/mol. The van der Waals surface area contributed by atoms with Gasteiger partial charge in [-0.05, 0) is 34.3 Å². The number of hydrogen-bond acceptors (Lipinski definition) is 5. The van der Waals surface area contributed by atoms with Crippen LogP contribution in [0.25, 0.3) is 0 Å². The molecule has 0 amide bonds. The van der Waals surface area contributed by atoms with Crippen LogP contribution in [0.5, 0.6) is 0 Å². The van der Waals surface area contributed by atoms with Gasteiger partial charge in [-0.25, -0.2) is 4.98 Å². The molecule has 0 saturated heterocycles. The van der Waals surface area contributed by atoms with Gasteiger partial charge in [0.05, 0.1) is 6.54 Å². The summed E-state index contributed by atoms with van der Waals surface area (Å²) in [6.07, 6.45) is 0. The summed E-state index contributed by atoms with van der Waals surface area (Å²) in [5, 5.41) is 6.17. The van der Waals surface area contributed by atoms with Gasteiger partial charge in [0.15, 0.2) is 0 Å². The third-order valence-electron chi connectivity index (χ3n) is 1.62. The predicted molar refractivity (Wildman–Crippen MR) is 64.0 cm³/mol. The Hall–Kier alpha value is -0.460. The Labute approximate surface area is 98.5 Å². The maximum absolute atomic E-state index is 4.23. The van der Waals surface area contributed by atoms with E-state index in [1.54, 1.807) is 11.3 Å². The first-order chi connectivity index (χ1) is 6.75. The predicted octanol–water partition coefficient (Wildman–Crippen LogP) is 3.28. The zero-order valence-electron chi connectivity index (χ0n) is 7.45. The minimum absolute atomic E-state index is 0.798. The molecule has 0 aliphatic rings. The summed E-state index contributed by atoms with van der Waals surface area (Å²) < 4.78 is 5.25. The molecule has 0 unspecified atom stereocenters. The van der Waals surface area contributed by atoms with Crippen molar-refractivity contribution in [2.45, 2.75) is 13.5 Å². The summed E-state index contributed by atoms with van der Waals surface area (Å²) in [5.74, 6) is 0.822. The van der Waals surface area contributed by atoms with Crippen LogP contribution < -0.4 is 5.32 Å². The van der Waals surface area contributed by atoms with Crippen LogP contribution >= 0.6 is 38.8 Å². The molecule has 1 N–H and O–H groups in total. The van der Waals surface area contributed by atoms with E-state index in [9.17, 15) is 0 Å². The fourth-order valence-electron chi connectivity index (χ4n) is 0.976. The van der Waals surface area contributed by atoms with Gasteiger partial charge < -0.3 is 5.32 Å². The first kappa shape index (κ1) is 10.1. The third-order valence-corrected chi connectivity index (χ3v) is 4.31. The lowest BCUT2D eigenvalue weighted by molar-refractivity contribution is 1.12. The van der Waals surface area contributed by atoms with Crippen molar-refractivity contribution in [1.82, 2.24) is 9.36 Å². The lowest BCUT2D eigenvalue weighted by Gasteiger charge is -1.99. The minimum atomic E-state index is 0.798. The lowest BCUT2D eigenvalue weighted by atomic mass is 10.5. The third kappa shape index (κ3) is 2.31. The Balaban J connectivity index is 1.98. The molecule has 0 saturated carbocycles. The van der Waals surface area contributed by atoms with Gasteiger partial charge in [-0.1, -0.05) is 0 Å². The zero-order valence-corrected chi connectivity index (χ0v) is 10.7. The van der Waals surface area contributed by atoms with E-state index in [2.05, 4.69) is 36.0 Å². The largest absolute Gasteiger partial charge is 0.355 e. The Bertz CT molecular complexity index is 424. The molecule has 0 atom stereocenters. The van der Waals surface area contributed by atoms with Crippen molar-refractivity contribution < 1.29 is 0 Å². The molecule has 14 heavy (non-hydrogen) atoms. The van der Waals surface area contributed by atoms with Gasteiger partial charge >= 0.3 is 0 Å². The van der Waals surface area contributed by atoms with Crippen molar-refractivity contribution in [3.05, 3.63) is 26.6 Å². The van der Waals surface area contributed by atoms with Crippen molar-refractivity contribution in [3.8, 4) is 0 Å². The number of aryl methyl sites for hydroxylation is 1. The number of anilines is 1. The molecule has 0 aromatic carbocycles. The standard InChI is InChI=1S/C8H8BrN3S2/c1-5-11-8(14-12-5)10-4-7-6(9)2-3-13-7/h2-3H,4H2,1H3,(H,10,11,12). The van der Waals surface area contributed by atoms with Gasteiger partial charge in [-0.15, -0.1) is 11.3 Å². The lowest BCUT2D eigenvalue weighted by Crippen LogP contribution is -1.97. The molecule has 0 spiro atoms. The molecule has 0 fully saturated rings. The van der Waals surface area contributed by atoms with E-state index in [0.29, 0.717) is 0 Å². The summed E-state index contributed by atoms with van der Waals surface area (Å²) in [6, 6.07) is 2.05. The van der Waals surface area contributed by atoms with Crippen LogP contribution in [0.4, 0.5) is 5.13 Å². The molecule has 3 nitrogen and oxygen atoms in total. The van der Waals surface area contributed by atoms with Crippen molar-refractivity contribution in [1.29, 1.82) is 0 Å². The summed E-state index contributed by atoms with van der Waals surface area (Å²) in [6.45, 7) is 2.69. The Kier molecular flexibility index (Phi) is 3.15. The Morgan fingerprint density at radius 1 is 1.57 bits per heavy atom. The molecule has 2 rings (SSSR count). The molecule has 0 aliphatic carbocycles. The van der Waals surface area contributed by atoms with Gasteiger partial charge in [-0.3, -0.25) is 0 Å². The summed E-state index contributed by atoms with van der Waals surface area (Å²) in [7, 11) is 0. The Morgan fingerprint density at radius 3 is 3.00 bits per heavy atom. The smallest absolute Gasteiger partial charge is 0.202 e. The maximum atomic E-state index is 4.23. The maximum Gasteiger partial charge on any atom is 0.202 e. The zero-order chi connectivity index (χ0) is 9.97. The first-order valence-corrected chi connectivity index (χ1v) is 6.46. The normalized spacial score (nSPS) is 10.4. The first-order valence-electron chi connectivity index (χ1n) is 4.02. The topological polar surface area (TPSA) is 37.8 Å². The van der Waals surface area contributed by atoms with E-state index in [1.165, 1.54) is 16.4 Å². The summed E-state index contributed by atoms with van der Waals surface area (Å²) >= 11 is 6.60. The van der Waals surface area contributed by atoms with Gasteiger partial charge in [0.2, 0.25) is 5.13 Å². The second-order valence-electron chi connectivity index (χ2n) is 2.69. The SMILES string of the molecule is Cc1nsc(NCc2sccc2Br)n1. The molecule has 0 radical (unpaired) electrons. The molecule has 2 heterocycles. The van der Waals surface area contributed by atoms with Gasteiger partial charge in [-0.2, -0.15) is 4.37 Å². The highest BCUT2D eigenvalue weighted by atomic mass is 79.9. The molecule has 0 aliphatic heterocycles. The number of nitrogens with one attached hydrogen (secondary N) is 1. The van der Waals surface area contributed by atoms with Crippen molar-refractivity contribution >= 4 is 43.9 Å². The van der Waals surface area contributed by atoms with E-state index >= 15 is 0 Å². The fraction of sp³-hybridized carbons (Fsp3) is 0.250. The second kappa shape index (κ2) is 4.37. The Morgan fingerprint density at radius 2 is 2.43 bits per heavy atom. The highest BCUT2D eigenvalue weighted by Gasteiger charge is 2.03. The minimum Gasteiger partial charge on any atom is -0.355 e. The van der Waals surface area contributed by atoms with Crippen LogP contribution in [0.1, 0.15) is 10.7 Å². The second-order valence-corrected chi connectivity index (χ2v) is 5.30. The fourth-order valence-corrected chi connectivity index (χ4v) is 2.98. The number of hydrogen-bond donors (Lipinski definition) is 1. The molecule has 2 aromatic rings. The van der Waals surface area contributed by atoms with Crippen molar-refractivity contribution in [2.24, 2.45) is 0 Å². The van der Waals surface area contributed by atoms with Crippen LogP contribution in [-0.2, 0) is 6.54 Å². The number of aromatic nitrogens is 2. The monoisotopic (exact) mass is 289 g/mol. The number of nitrogens with zero attached hydrogens (tertiary/aromatic N) is 2. The van der Waals surface area contributed by atoms with Gasteiger partial charge in [0, 0.05) is 20.9 Å². The van der Waals surface area contributed by atoms with E-state index in [4.69, 9.17) is 0 Å². The number of rotatable bonds is 3.